The number of carbonyl (C=O) groups excluding carboxylic acids is 2. The van der Waals surface area contributed by atoms with Crippen LogP contribution in [0.25, 0.3) is 11.1 Å². The van der Waals surface area contributed by atoms with Crippen LogP contribution in [0.1, 0.15) is 44.1 Å². The average Bonchev–Trinajstić information content (AvgIpc) is 3.02. The molecule has 0 saturated carbocycles. The molecule has 1 aliphatic rings. The van der Waals surface area contributed by atoms with E-state index in [0.29, 0.717) is 19.5 Å². The average molecular weight is 589 g/mol. The highest BCUT2D eigenvalue weighted by Gasteiger charge is 2.23. The van der Waals surface area contributed by atoms with Crippen LogP contribution < -0.4 is 16.0 Å². The molecule has 9 heteroatoms. The minimum Gasteiger partial charge on any atom is -0.504 e. The molecular formula is C34H44N4O5. The smallest absolute Gasteiger partial charge is 0.411 e. The molecule has 3 aromatic carbocycles. The van der Waals surface area contributed by atoms with E-state index in [4.69, 9.17) is 4.74 Å². The lowest BCUT2D eigenvalue weighted by atomic mass is 10.0. The van der Waals surface area contributed by atoms with Gasteiger partial charge in [-0.05, 0) is 74.5 Å². The summed E-state index contributed by atoms with van der Waals surface area (Å²) >= 11 is 0. The van der Waals surface area contributed by atoms with Gasteiger partial charge in [0.1, 0.15) is 6.10 Å². The number of likely N-dealkylation sites (tertiary alicyclic amines) is 1. The van der Waals surface area contributed by atoms with Crippen LogP contribution in [0.5, 0.6) is 11.5 Å². The predicted octanol–water partition coefficient (Wildman–Crippen LogP) is 5.29. The SMILES string of the molecule is O=C(CCN1CCC(OC(=O)Nc2ccccc2-c2ccccc2)CC1)NCCCCCNCCc1ccc(O)c(O)c1. The molecule has 0 aliphatic carbocycles. The van der Waals surface area contributed by atoms with Gasteiger partial charge in [-0.15, -0.1) is 0 Å². The number of amides is 2. The van der Waals surface area contributed by atoms with Gasteiger partial charge in [0.25, 0.3) is 0 Å². The van der Waals surface area contributed by atoms with Crippen molar-refractivity contribution in [2.24, 2.45) is 0 Å². The van der Waals surface area contributed by atoms with Crippen molar-refractivity contribution in [1.29, 1.82) is 0 Å². The highest BCUT2D eigenvalue weighted by molar-refractivity contribution is 5.91. The van der Waals surface area contributed by atoms with E-state index in [1.807, 2.05) is 60.7 Å². The molecule has 1 aliphatic heterocycles. The van der Waals surface area contributed by atoms with E-state index in [2.05, 4.69) is 20.9 Å². The van der Waals surface area contributed by atoms with Crippen molar-refractivity contribution in [2.75, 3.05) is 44.6 Å². The Balaban J connectivity index is 1.01. The second kappa shape index (κ2) is 17.1. The minimum atomic E-state index is -0.438. The fourth-order valence-corrected chi connectivity index (χ4v) is 5.21. The summed E-state index contributed by atoms with van der Waals surface area (Å²) in [6.07, 6.45) is 5.20. The molecule has 9 nitrogen and oxygen atoms in total. The lowest BCUT2D eigenvalue weighted by Gasteiger charge is -2.31. The minimum absolute atomic E-state index is 0.0742. The van der Waals surface area contributed by atoms with Gasteiger partial charge in [-0.25, -0.2) is 4.79 Å². The van der Waals surface area contributed by atoms with Gasteiger partial charge in [-0.1, -0.05) is 61.0 Å². The van der Waals surface area contributed by atoms with Crippen molar-refractivity contribution in [3.8, 4) is 22.6 Å². The topological polar surface area (TPSA) is 123 Å². The maximum absolute atomic E-state index is 12.6. The number of phenolic OH excluding ortho intramolecular Hbond substituents is 2. The number of hydrogen-bond acceptors (Lipinski definition) is 7. The van der Waals surface area contributed by atoms with Crippen molar-refractivity contribution in [3.05, 3.63) is 78.4 Å². The quantitative estimate of drug-likeness (QED) is 0.121. The van der Waals surface area contributed by atoms with Crippen LogP contribution in [0.4, 0.5) is 10.5 Å². The zero-order valence-corrected chi connectivity index (χ0v) is 24.8. The first-order valence-electron chi connectivity index (χ1n) is 15.3. The lowest BCUT2D eigenvalue weighted by Crippen LogP contribution is -2.40. The van der Waals surface area contributed by atoms with Crippen LogP contribution in [0, 0.1) is 0 Å². The summed E-state index contributed by atoms with van der Waals surface area (Å²) in [5, 5.41) is 28.2. The summed E-state index contributed by atoms with van der Waals surface area (Å²) < 4.78 is 5.72. The number of rotatable bonds is 15. The van der Waals surface area contributed by atoms with Gasteiger partial charge in [0, 0.05) is 38.2 Å². The van der Waals surface area contributed by atoms with E-state index in [0.717, 1.165) is 87.1 Å². The number of unbranched alkanes of at least 4 members (excludes halogenated alkanes) is 2. The Morgan fingerprint density at radius 2 is 1.58 bits per heavy atom. The highest BCUT2D eigenvalue weighted by Crippen LogP contribution is 2.28. The van der Waals surface area contributed by atoms with Gasteiger partial charge >= 0.3 is 6.09 Å². The molecule has 43 heavy (non-hydrogen) atoms. The number of phenols is 2. The van der Waals surface area contributed by atoms with Crippen LogP contribution >= 0.6 is 0 Å². The monoisotopic (exact) mass is 588 g/mol. The summed E-state index contributed by atoms with van der Waals surface area (Å²) in [6, 6.07) is 22.6. The maximum Gasteiger partial charge on any atom is 0.411 e. The molecular weight excluding hydrogens is 544 g/mol. The van der Waals surface area contributed by atoms with Crippen molar-refractivity contribution < 1.29 is 24.5 Å². The van der Waals surface area contributed by atoms with Crippen molar-refractivity contribution in [1.82, 2.24) is 15.5 Å². The van der Waals surface area contributed by atoms with Gasteiger partial charge in [0.2, 0.25) is 5.91 Å². The summed E-state index contributed by atoms with van der Waals surface area (Å²) in [6.45, 7) is 4.70. The number of piperidine rings is 1. The maximum atomic E-state index is 12.6. The third-order valence-corrected chi connectivity index (χ3v) is 7.69. The molecule has 5 N–H and O–H groups in total. The number of carbonyl (C=O) groups is 2. The zero-order valence-electron chi connectivity index (χ0n) is 24.8. The number of nitrogens with one attached hydrogen (secondary N) is 3. The second-order valence-electron chi connectivity index (χ2n) is 11.0. The third-order valence-electron chi connectivity index (χ3n) is 7.69. The first-order valence-corrected chi connectivity index (χ1v) is 15.3. The molecule has 0 atom stereocenters. The molecule has 1 saturated heterocycles. The number of aromatic hydroxyl groups is 2. The number of para-hydroxylation sites is 1. The lowest BCUT2D eigenvalue weighted by molar-refractivity contribution is -0.121. The van der Waals surface area contributed by atoms with Crippen LogP contribution in [-0.2, 0) is 16.0 Å². The van der Waals surface area contributed by atoms with Gasteiger partial charge < -0.3 is 30.5 Å². The molecule has 0 radical (unpaired) electrons. The molecule has 1 fully saturated rings. The molecule has 2 amide bonds. The summed E-state index contributed by atoms with van der Waals surface area (Å²) in [5.41, 5.74) is 3.69. The summed E-state index contributed by atoms with van der Waals surface area (Å²) in [4.78, 5) is 27.2. The number of benzene rings is 3. The Hall–Kier alpha value is -4.08. The fourth-order valence-electron chi connectivity index (χ4n) is 5.21. The first-order chi connectivity index (χ1) is 21.0. The Morgan fingerprint density at radius 1 is 0.837 bits per heavy atom. The standard InChI is InChI=1S/C34H44N4O5/c39-31-14-13-26(25-32(31)40)15-21-35-19-7-2-8-20-36-33(41)18-24-38-22-16-28(17-23-38)43-34(42)37-30-12-6-5-11-29(30)27-9-3-1-4-10-27/h1,3-6,9-14,25,28,35,39-40H,2,7-8,15-24H2,(H,36,41)(H,37,42). The molecule has 0 unspecified atom stereocenters. The van der Waals surface area contributed by atoms with Crippen LogP contribution in [-0.4, -0.2) is 72.5 Å². The fraction of sp³-hybridized carbons (Fsp3) is 0.412. The van der Waals surface area contributed by atoms with Crippen molar-refractivity contribution in [2.45, 2.75) is 51.0 Å². The van der Waals surface area contributed by atoms with Crippen LogP contribution in [0.15, 0.2) is 72.8 Å². The summed E-state index contributed by atoms with van der Waals surface area (Å²) in [7, 11) is 0. The Morgan fingerprint density at radius 3 is 2.37 bits per heavy atom. The van der Waals surface area contributed by atoms with Gasteiger partial charge in [0.15, 0.2) is 11.5 Å². The van der Waals surface area contributed by atoms with Gasteiger partial charge in [-0.3, -0.25) is 10.1 Å². The van der Waals surface area contributed by atoms with E-state index < -0.39 is 6.09 Å². The second-order valence-corrected chi connectivity index (χ2v) is 11.0. The molecule has 0 spiro atoms. The van der Waals surface area contributed by atoms with E-state index in [9.17, 15) is 19.8 Å². The zero-order chi connectivity index (χ0) is 30.3. The molecule has 1 heterocycles. The molecule has 3 aromatic rings. The van der Waals surface area contributed by atoms with Crippen LogP contribution in [0.3, 0.4) is 0 Å². The molecule has 4 rings (SSSR count). The predicted molar refractivity (Wildman–Crippen MR) is 169 cm³/mol. The first kappa shape index (κ1) is 31.8. The Labute approximate surface area is 254 Å². The van der Waals surface area contributed by atoms with Crippen molar-refractivity contribution >= 4 is 17.7 Å². The number of hydrogen-bond donors (Lipinski definition) is 5. The van der Waals surface area contributed by atoms with E-state index >= 15 is 0 Å². The van der Waals surface area contributed by atoms with E-state index in [1.54, 1.807) is 6.07 Å². The van der Waals surface area contributed by atoms with E-state index in [-0.39, 0.29) is 23.5 Å². The third kappa shape index (κ3) is 10.9. The number of ether oxygens (including phenoxy) is 1. The molecule has 0 bridgehead atoms. The Bertz CT molecular complexity index is 1290. The Kier molecular flexibility index (Phi) is 12.7. The molecule has 0 aromatic heterocycles. The molecule has 230 valence electrons. The van der Waals surface area contributed by atoms with Gasteiger partial charge in [-0.2, -0.15) is 0 Å². The number of nitrogens with zero attached hydrogens (tertiary/aromatic N) is 1. The highest BCUT2D eigenvalue weighted by atomic mass is 16.6. The van der Waals surface area contributed by atoms with Gasteiger partial charge in [0.05, 0.1) is 5.69 Å². The van der Waals surface area contributed by atoms with Crippen molar-refractivity contribution in [3.63, 3.8) is 0 Å². The van der Waals surface area contributed by atoms with E-state index in [1.165, 1.54) is 6.07 Å². The number of anilines is 1. The normalized spacial score (nSPS) is 13.9. The van der Waals surface area contributed by atoms with Crippen LogP contribution in [0.2, 0.25) is 0 Å². The largest absolute Gasteiger partial charge is 0.504 e. The summed E-state index contributed by atoms with van der Waals surface area (Å²) in [5.74, 6) is -0.109.